The molecule has 2 aromatic carbocycles. The van der Waals surface area contributed by atoms with Crippen LogP contribution in [0.5, 0.6) is 17.4 Å². The van der Waals surface area contributed by atoms with Crippen LogP contribution in [0.15, 0.2) is 65.2 Å². The first kappa shape index (κ1) is 15.1. The molecule has 0 radical (unpaired) electrons. The van der Waals surface area contributed by atoms with Crippen LogP contribution in [0.2, 0.25) is 0 Å². The van der Waals surface area contributed by atoms with Crippen molar-refractivity contribution in [2.75, 3.05) is 7.11 Å². The van der Waals surface area contributed by atoms with Gasteiger partial charge in [-0.05, 0) is 30.3 Å². The number of fused-ring (bicyclic) bond motifs is 1. The second-order valence-corrected chi connectivity index (χ2v) is 5.27. The third kappa shape index (κ3) is 2.78. The Balaban J connectivity index is 1.73. The summed E-state index contributed by atoms with van der Waals surface area (Å²) in [6.07, 6.45) is 0. The predicted octanol–water partition coefficient (Wildman–Crippen LogP) is 4.83. The van der Waals surface area contributed by atoms with E-state index in [9.17, 15) is 4.39 Å². The molecule has 124 valence electrons. The highest BCUT2D eigenvalue weighted by Gasteiger charge is 2.16. The minimum absolute atomic E-state index is 0.0961. The fourth-order valence-electron chi connectivity index (χ4n) is 2.54. The Morgan fingerprint density at radius 1 is 0.920 bits per heavy atom. The maximum Gasteiger partial charge on any atom is 0.261 e. The number of hydrogen-bond acceptors (Lipinski definition) is 5. The highest BCUT2D eigenvalue weighted by Crippen LogP contribution is 2.34. The Morgan fingerprint density at radius 3 is 2.48 bits per heavy atom. The topological polar surface area (TPSA) is 57.4 Å². The Kier molecular flexibility index (Phi) is 3.78. The van der Waals surface area contributed by atoms with E-state index in [-0.39, 0.29) is 11.6 Å². The van der Waals surface area contributed by atoms with Crippen LogP contribution in [-0.4, -0.2) is 17.3 Å². The van der Waals surface area contributed by atoms with E-state index in [1.54, 1.807) is 31.4 Å². The van der Waals surface area contributed by atoms with Crippen molar-refractivity contribution in [2.45, 2.75) is 0 Å². The summed E-state index contributed by atoms with van der Waals surface area (Å²) < 4.78 is 29.9. The van der Waals surface area contributed by atoms with Crippen LogP contribution in [0.3, 0.4) is 0 Å². The van der Waals surface area contributed by atoms with E-state index in [4.69, 9.17) is 14.0 Å². The van der Waals surface area contributed by atoms with Crippen LogP contribution in [0, 0.1) is 5.82 Å². The highest BCUT2D eigenvalue weighted by atomic mass is 19.1. The standard InChI is InChI=1S/C19H13FN2O3/c1-23-15-8-4-2-6-12(15)18-13-10-11-17(21-19(13)25-22-18)24-16-9-5-3-7-14(16)20/h2-11H,1H3. The summed E-state index contributed by atoms with van der Waals surface area (Å²) in [5, 5.41) is 4.81. The van der Waals surface area contributed by atoms with Crippen LogP contribution >= 0.6 is 0 Å². The molecule has 0 bridgehead atoms. The first-order valence-electron chi connectivity index (χ1n) is 7.58. The van der Waals surface area contributed by atoms with Gasteiger partial charge in [0.25, 0.3) is 5.71 Å². The lowest BCUT2D eigenvalue weighted by Crippen LogP contribution is -1.90. The second kappa shape index (κ2) is 6.24. The summed E-state index contributed by atoms with van der Waals surface area (Å²) in [5.41, 5.74) is 1.72. The molecule has 0 saturated carbocycles. The van der Waals surface area contributed by atoms with E-state index in [0.29, 0.717) is 22.5 Å². The molecule has 0 spiro atoms. The number of ether oxygens (including phenoxy) is 2. The van der Waals surface area contributed by atoms with Crippen molar-refractivity contribution in [3.63, 3.8) is 0 Å². The summed E-state index contributed by atoms with van der Waals surface area (Å²) in [4.78, 5) is 4.25. The van der Waals surface area contributed by atoms with Crippen molar-refractivity contribution in [2.24, 2.45) is 0 Å². The normalized spacial score (nSPS) is 10.8. The Bertz CT molecular complexity index is 1050. The number of methoxy groups -OCH3 is 1. The van der Waals surface area contributed by atoms with Crippen molar-refractivity contribution in [3.05, 3.63) is 66.5 Å². The SMILES string of the molecule is COc1ccccc1-c1noc2nc(Oc3ccccc3F)ccc12. The molecule has 0 aliphatic heterocycles. The van der Waals surface area contributed by atoms with E-state index in [1.807, 2.05) is 24.3 Å². The number of aromatic nitrogens is 2. The number of para-hydroxylation sites is 2. The largest absolute Gasteiger partial charge is 0.496 e. The molecule has 0 atom stereocenters. The molecular formula is C19H13FN2O3. The fraction of sp³-hybridized carbons (Fsp3) is 0.0526. The number of nitrogens with zero attached hydrogens (tertiary/aromatic N) is 2. The number of pyridine rings is 1. The Hall–Kier alpha value is -3.41. The van der Waals surface area contributed by atoms with Gasteiger partial charge in [0.15, 0.2) is 11.6 Å². The molecule has 5 nitrogen and oxygen atoms in total. The monoisotopic (exact) mass is 336 g/mol. The van der Waals surface area contributed by atoms with Gasteiger partial charge in [-0.25, -0.2) is 4.39 Å². The molecule has 6 heteroatoms. The number of rotatable bonds is 4. The molecule has 25 heavy (non-hydrogen) atoms. The van der Waals surface area contributed by atoms with Gasteiger partial charge in [-0.1, -0.05) is 29.4 Å². The third-order valence-corrected chi connectivity index (χ3v) is 3.73. The van der Waals surface area contributed by atoms with Gasteiger partial charge in [0.2, 0.25) is 5.88 Å². The molecule has 4 rings (SSSR count). The number of hydrogen-bond donors (Lipinski definition) is 0. The van der Waals surface area contributed by atoms with Crippen LogP contribution < -0.4 is 9.47 Å². The van der Waals surface area contributed by atoms with Gasteiger partial charge in [0, 0.05) is 11.6 Å². The summed E-state index contributed by atoms with van der Waals surface area (Å²) in [5.74, 6) is 0.542. The minimum Gasteiger partial charge on any atom is -0.496 e. The van der Waals surface area contributed by atoms with E-state index < -0.39 is 5.82 Å². The lowest BCUT2D eigenvalue weighted by molar-refractivity contribution is 0.412. The van der Waals surface area contributed by atoms with Crippen molar-refractivity contribution < 1.29 is 18.4 Å². The molecule has 0 saturated heterocycles. The van der Waals surface area contributed by atoms with Crippen LogP contribution in [-0.2, 0) is 0 Å². The van der Waals surface area contributed by atoms with Gasteiger partial charge in [0.05, 0.1) is 12.5 Å². The molecule has 0 aliphatic carbocycles. The summed E-state index contributed by atoms with van der Waals surface area (Å²) in [6, 6.07) is 17.1. The predicted molar refractivity (Wildman–Crippen MR) is 90.3 cm³/mol. The highest BCUT2D eigenvalue weighted by molar-refractivity contribution is 5.91. The first-order chi connectivity index (χ1) is 12.3. The maximum atomic E-state index is 13.7. The lowest BCUT2D eigenvalue weighted by atomic mass is 10.1. The third-order valence-electron chi connectivity index (χ3n) is 3.73. The van der Waals surface area contributed by atoms with Gasteiger partial charge < -0.3 is 14.0 Å². The fourth-order valence-corrected chi connectivity index (χ4v) is 2.54. The average Bonchev–Trinajstić information content (AvgIpc) is 3.06. The number of halogens is 1. The van der Waals surface area contributed by atoms with Gasteiger partial charge >= 0.3 is 0 Å². The van der Waals surface area contributed by atoms with Gasteiger partial charge in [-0.3, -0.25) is 0 Å². The summed E-state index contributed by atoms with van der Waals surface area (Å²) in [6.45, 7) is 0. The van der Waals surface area contributed by atoms with Gasteiger partial charge in [-0.2, -0.15) is 4.98 Å². The molecular weight excluding hydrogens is 323 g/mol. The molecule has 0 N–H and O–H groups in total. The maximum absolute atomic E-state index is 13.7. The van der Waals surface area contributed by atoms with Crippen LogP contribution in [0.25, 0.3) is 22.4 Å². The van der Waals surface area contributed by atoms with Gasteiger partial charge in [-0.15, -0.1) is 0 Å². The van der Waals surface area contributed by atoms with Crippen LogP contribution in [0.4, 0.5) is 4.39 Å². The number of benzene rings is 2. The van der Waals surface area contributed by atoms with Crippen LogP contribution in [0.1, 0.15) is 0 Å². The summed E-state index contributed by atoms with van der Waals surface area (Å²) >= 11 is 0. The average molecular weight is 336 g/mol. The molecule has 0 aliphatic rings. The van der Waals surface area contributed by atoms with E-state index in [0.717, 1.165) is 5.56 Å². The summed E-state index contributed by atoms with van der Waals surface area (Å²) in [7, 11) is 1.60. The zero-order valence-electron chi connectivity index (χ0n) is 13.3. The van der Waals surface area contributed by atoms with Crippen molar-refractivity contribution in [1.29, 1.82) is 0 Å². The lowest BCUT2D eigenvalue weighted by Gasteiger charge is -2.06. The zero-order chi connectivity index (χ0) is 17.2. The first-order valence-corrected chi connectivity index (χ1v) is 7.58. The minimum atomic E-state index is -0.461. The Morgan fingerprint density at radius 2 is 1.68 bits per heavy atom. The quantitative estimate of drug-likeness (QED) is 0.534. The Labute approximate surface area is 142 Å². The second-order valence-electron chi connectivity index (χ2n) is 5.27. The zero-order valence-corrected chi connectivity index (χ0v) is 13.3. The van der Waals surface area contributed by atoms with E-state index >= 15 is 0 Å². The molecule has 0 amide bonds. The van der Waals surface area contributed by atoms with Gasteiger partial charge in [0.1, 0.15) is 11.4 Å². The van der Waals surface area contributed by atoms with Crippen molar-refractivity contribution in [1.82, 2.24) is 10.1 Å². The van der Waals surface area contributed by atoms with Crippen molar-refractivity contribution in [3.8, 4) is 28.6 Å². The van der Waals surface area contributed by atoms with E-state index in [1.165, 1.54) is 12.1 Å². The molecule has 2 heterocycles. The van der Waals surface area contributed by atoms with E-state index in [2.05, 4.69) is 10.1 Å². The van der Waals surface area contributed by atoms with Crippen molar-refractivity contribution >= 4 is 11.1 Å². The molecule has 4 aromatic rings. The molecule has 2 aromatic heterocycles. The smallest absolute Gasteiger partial charge is 0.261 e. The molecule has 0 fully saturated rings. The molecule has 0 unspecified atom stereocenters.